The van der Waals surface area contributed by atoms with Crippen molar-refractivity contribution >= 4 is 16.9 Å². The molecule has 2 rings (SSSR count). The number of rotatable bonds is 2. The van der Waals surface area contributed by atoms with E-state index in [4.69, 9.17) is 9.15 Å². The third kappa shape index (κ3) is 1.61. The van der Waals surface area contributed by atoms with E-state index in [0.717, 1.165) is 16.5 Å². The van der Waals surface area contributed by atoms with Gasteiger partial charge < -0.3 is 9.15 Å². The number of hydrogen-bond acceptors (Lipinski definition) is 3. The van der Waals surface area contributed by atoms with Gasteiger partial charge in [-0.25, -0.2) is 4.79 Å². The van der Waals surface area contributed by atoms with Crippen LogP contribution in [0, 0.1) is 6.92 Å². The molecule has 0 bridgehead atoms. The van der Waals surface area contributed by atoms with Gasteiger partial charge in [0.2, 0.25) is 0 Å². The third-order valence-corrected chi connectivity index (χ3v) is 2.29. The van der Waals surface area contributed by atoms with Crippen LogP contribution in [-0.2, 0) is 4.74 Å². The normalized spacial score (nSPS) is 10.5. The topological polar surface area (TPSA) is 39.4 Å². The van der Waals surface area contributed by atoms with Crippen LogP contribution in [0.25, 0.3) is 11.0 Å². The van der Waals surface area contributed by atoms with Crippen LogP contribution in [-0.4, -0.2) is 12.6 Å². The smallest absolute Gasteiger partial charge is 0.342 e. The van der Waals surface area contributed by atoms with Gasteiger partial charge in [-0.15, -0.1) is 0 Å². The first-order valence-electron chi connectivity index (χ1n) is 4.88. The SMILES string of the molecule is CCOC(=O)c1coc2c(C)cccc12. The summed E-state index contributed by atoms with van der Waals surface area (Å²) in [5.41, 5.74) is 2.26. The molecule has 0 saturated carbocycles. The lowest BCUT2D eigenvalue weighted by atomic mass is 10.1. The fourth-order valence-electron chi connectivity index (χ4n) is 1.57. The Morgan fingerprint density at radius 1 is 1.47 bits per heavy atom. The number of furan rings is 1. The molecular formula is C12H12O3. The zero-order chi connectivity index (χ0) is 10.8. The monoisotopic (exact) mass is 204 g/mol. The van der Waals surface area contributed by atoms with E-state index in [0.29, 0.717) is 12.2 Å². The minimum Gasteiger partial charge on any atom is -0.463 e. The van der Waals surface area contributed by atoms with Gasteiger partial charge in [-0.1, -0.05) is 18.2 Å². The van der Waals surface area contributed by atoms with E-state index in [2.05, 4.69) is 0 Å². The molecule has 0 saturated heterocycles. The first kappa shape index (κ1) is 9.77. The molecule has 0 aliphatic carbocycles. The van der Waals surface area contributed by atoms with Crippen molar-refractivity contribution in [2.45, 2.75) is 13.8 Å². The number of benzene rings is 1. The van der Waals surface area contributed by atoms with E-state index in [9.17, 15) is 4.79 Å². The van der Waals surface area contributed by atoms with Crippen LogP contribution in [0.5, 0.6) is 0 Å². The summed E-state index contributed by atoms with van der Waals surface area (Å²) in [5.74, 6) is -0.332. The van der Waals surface area contributed by atoms with Crippen molar-refractivity contribution in [3.05, 3.63) is 35.6 Å². The molecule has 0 aliphatic rings. The summed E-state index contributed by atoms with van der Waals surface area (Å²) in [6.07, 6.45) is 1.45. The summed E-state index contributed by atoms with van der Waals surface area (Å²) in [5, 5.41) is 0.813. The third-order valence-electron chi connectivity index (χ3n) is 2.29. The van der Waals surface area contributed by atoms with Gasteiger partial charge in [0.1, 0.15) is 17.4 Å². The van der Waals surface area contributed by atoms with Gasteiger partial charge in [0.15, 0.2) is 0 Å². The summed E-state index contributed by atoms with van der Waals surface area (Å²) in [4.78, 5) is 11.5. The number of esters is 1. The van der Waals surface area contributed by atoms with Gasteiger partial charge in [-0.05, 0) is 19.4 Å². The standard InChI is InChI=1S/C12H12O3/c1-3-14-12(13)10-7-15-11-8(2)5-4-6-9(10)11/h4-7H,3H2,1-2H3. The molecule has 0 unspecified atom stereocenters. The molecule has 0 fully saturated rings. The second kappa shape index (κ2) is 3.77. The second-order valence-electron chi connectivity index (χ2n) is 3.32. The van der Waals surface area contributed by atoms with Gasteiger partial charge >= 0.3 is 5.97 Å². The van der Waals surface area contributed by atoms with Crippen molar-refractivity contribution in [1.82, 2.24) is 0 Å². The van der Waals surface area contributed by atoms with Gasteiger partial charge in [-0.3, -0.25) is 0 Å². The Kier molecular flexibility index (Phi) is 2.46. The maximum atomic E-state index is 11.5. The number of hydrogen-bond donors (Lipinski definition) is 0. The van der Waals surface area contributed by atoms with E-state index in [1.807, 2.05) is 25.1 Å². The Morgan fingerprint density at radius 3 is 3.00 bits per heavy atom. The van der Waals surface area contributed by atoms with Crippen LogP contribution in [0.4, 0.5) is 0 Å². The first-order chi connectivity index (χ1) is 7.24. The molecule has 2 aromatic rings. The highest BCUT2D eigenvalue weighted by atomic mass is 16.5. The molecule has 3 heteroatoms. The van der Waals surface area contributed by atoms with Gasteiger partial charge in [0.25, 0.3) is 0 Å². The van der Waals surface area contributed by atoms with Crippen LogP contribution in [0.15, 0.2) is 28.9 Å². The molecular weight excluding hydrogens is 192 g/mol. The van der Waals surface area contributed by atoms with Crippen molar-refractivity contribution in [3.63, 3.8) is 0 Å². The van der Waals surface area contributed by atoms with Crippen molar-refractivity contribution in [2.24, 2.45) is 0 Å². The predicted octanol–water partition coefficient (Wildman–Crippen LogP) is 2.92. The summed E-state index contributed by atoms with van der Waals surface area (Å²) in [7, 11) is 0. The Bertz CT molecular complexity index is 497. The number of fused-ring (bicyclic) bond motifs is 1. The van der Waals surface area contributed by atoms with Gasteiger partial charge in [-0.2, -0.15) is 0 Å². The van der Waals surface area contributed by atoms with E-state index >= 15 is 0 Å². The van der Waals surface area contributed by atoms with Crippen LogP contribution in [0.3, 0.4) is 0 Å². The zero-order valence-corrected chi connectivity index (χ0v) is 8.74. The number of ether oxygens (including phenoxy) is 1. The molecule has 3 nitrogen and oxygen atoms in total. The Balaban J connectivity index is 2.54. The van der Waals surface area contributed by atoms with Crippen LogP contribution in [0.2, 0.25) is 0 Å². The first-order valence-corrected chi connectivity index (χ1v) is 4.88. The summed E-state index contributed by atoms with van der Waals surface area (Å²) in [6.45, 7) is 4.10. The number of carbonyl (C=O) groups is 1. The molecule has 15 heavy (non-hydrogen) atoms. The van der Waals surface area contributed by atoms with Gasteiger partial charge in [0.05, 0.1) is 6.61 Å². The van der Waals surface area contributed by atoms with Crippen molar-refractivity contribution in [2.75, 3.05) is 6.61 Å². The lowest BCUT2D eigenvalue weighted by Gasteiger charge is -1.98. The molecule has 0 atom stereocenters. The maximum Gasteiger partial charge on any atom is 0.342 e. The quantitative estimate of drug-likeness (QED) is 0.706. The fourth-order valence-corrected chi connectivity index (χ4v) is 1.57. The van der Waals surface area contributed by atoms with Crippen LogP contribution in [0.1, 0.15) is 22.8 Å². The molecule has 0 spiro atoms. The van der Waals surface area contributed by atoms with Crippen molar-refractivity contribution < 1.29 is 13.9 Å². The summed E-state index contributed by atoms with van der Waals surface area (Å²) >= 11 is 0. The molecule has 78 valence electrons. The number of para-hydroxylation sites is 1. The minimum atomic E-state index is -0.332. The Hall–Kier alpha value is -1.77. The average molecular weight is 204 g/mol. The molecule has 1 heterocycles. The number of carbonyl (C=O) groups excluding carboxylic acids is 1. The average Bonchev–Trinajstić information content (AvgIpc) is 2.63. The summed E-state index contributed by atoms with van der Waals surface area (Å²) in [6, 6.07) is 5.70. The lowest BCUT2D eigenvalue weighted by Crippen LogP contribution is -2.03. The maximum absolute atomic E-state index is 11.5. The van der Waals surface area contributed by atoms with Crippen molar-refractivity contribution in [3.8, 4) is 0 Å². The minimum absolute atomic E-state index is 0.332. The summed E-state index contributed by atoms with van der Waals surface area (Å²) < 4.78 is 10.3. The van der Waals surface area contributed by atoms with E-state index in [-0.39, 0.29) is 5.97 Å². The molecule has 1 aromatic carbocycles. The van der Waals surface area contributed by atoms with Crippen molar-refractivity contribution in [1.29, 1.82) is 0 Å². The predicted molar refractivity (Wildman–Crippen MR) is 56.9 cm³/mol. The van der Waals surface area contributed by atoms with Crippen LogP contribution >= 0.6 is 0 Å². The Labute approximate surface area is 87.6 Å². The molecule has 0 aliphatic heterocycles. The molecule has 0 N–H and O–H groups in total. The van der Waals surface area contributed by atoms with E-state index in [1.54, 1.807) is 6.92 Å². The Morgan fingerprint density at radius 2 is 2.27 bits per heavy atom. The lowest BCUT2D eigenvalue weighted by molar-refractivity contribution is 0.0527. The molecule has 1 aromatic heterocycles. The molecule has 0 amide bonds. The highest BCUT2D eigenvalue weighted by Gasteiger charge is 2.15. The largest absolute Gasteiger partial charge is 0.463 e. The highest BCUT2D eigenvalue weighted by Crippen LogP contribution is 2.24. The fraction of sp³-hybridized carbons (Fsp3) is 0.250. The van der Waals surface area contributed by atoms with E-state index < -0.39 is 0 Å². The van der Waals surface area contributed by atoms with Gasteiger partial charge in [0, 0.05) is 5.39 Å². The van der Waals surface area contributed by atoms with Crippen LogP contribution < -0.4 is 0 Å². The number of aryl methyl sites for hydroxylation is 1. The highest BCUT2D eigenvalue weighted by molar-refractivity contribution is 6.03. The van der Waals surface area contributed by atoms with E-state index in [1.165, 1.54) is 6.26 Å². The zero-order valence-electron chi connectivity index (χ0n) is 8.74. The molecule has 0 radical (unpaired) electrons. The second-order valence-corrected chi connectivity index (χ2v) is 3.32.